The van der Waals surface area contributed by atoms with Crippen LogP contribution in [0.25, 0.3) is 0 Å². The molecule has 0 bridgehead atoms. The highest BCUT2D eigenvalue weighted by Crippen LogP contribution is 2.25. The molecule has 142 valence electrons. The van der Waals surface area contributed by atoms with Crippen LogP contribution in [0, 0.1) is 0 Å². The van der Waals surface area contributed by atoms with Crippen LogP contribution >= 0.6 is 0 Å². The zero-order valence-electron chi connectivity index (χ0n) is 16.0. The van der Waals surface area contributed by atoms with Crippen molar-refractivity contribution in [3.63, 3.8) is 0 Å². The molecule has 0 aromatic heterocycles. The molecule has 4 nitrogen and oxygen atoms in total. The highest BCUT2D eigenvalue weighted by Gasteiger charge is 2.24. The number of hydrogen-bond acceptors (Lipinski definition) is 3. The third kappa shape index (κ3) is 5.66. The highest BCUT2D eigenvalue weighted by molar-refractivity contribution is 7.84. The van der Waals surface area contributed by atoms with Crippen molar-refractivity contribution < 1.29 is 14.1 Å². The maximum Gasteiger partial charge on any atom is 0.118 e. The monoisotopic (exact) mass is 375 g/mol. The summed E-state index contributed by atoms with van der Waals surface area (Å²) in [6, 6.07) is 15.9. The molecule has 0 spiro atoms. The van der Waals surface area contributed by atoms with Crippen LogP contribution in [-0.4, -0.2) is 27.8 Å². The molecule has 0 aliphatic heterocycles. The van der Waals surface area contributed by atoms with E-state index in [-0.39, 0.29) is 17.4 Å². The van der Waals surface area contributed by atoms with Gasteiger partial charge in [-0.3, -0.25) is 0 Å². The molecule has 0 fully saturated rings. The molecular formula is C21H29NO3S. The first-order valence-corrected chi connectivity index (χ1v) is 9.99. The Labute approximate surface area is 159 Å². The highest BCUT2D eigenvalue weighted by atomic mass is 32.2. The number of hydrogen-bond donors (Lipinski definition) is 2. The van der Waals surface area contributed by atoms with Gasteiger partial charge in [-0.15, -0.1) is 0 Å². The van der Waals surface area contributed by atoms with Crippen molar-refractivity contribution in [3.8, 4) is 5.75 Å². The van der Waals surface area contributed by atoms with Gasteiger partial charge < -0.3 is 9.84 Å². The number of benzene rings is 2. The Kier molecular flexibility index (Phi) is 7.38. The van der Waals surface area contributed by atoms with Gasteiger partial charge in [-0.1, -0.05) is 36.4 Å². The summed E-state index contributed by atoms with van der Waals surface area (Å²) in [7, 11) is 0.454. The molecule has 0 aliphatic rings. The van der Waals surface area contributed by atoms with Crippen LogP contribution in [0.2, 0.25) is 0 Å². The molecule has 0 heterocycles. The third-order valence-corrected chi connectivity index (χ3v) is 5.86. The molecule has 0 unspecified atom stereocenters. The minimum Gasteiger partial charge on any atom is -0.497 e. The third-order valence-electron chi connectivity index (χ3n) is 4.25. The predicted molar refractivity (Wildman–Crippen MR) is 108 cm³/mol. The molecule has 2 rings (SSSR count). The minimum atomic E-state index is -1.19. The molecule has 2 aromatic rings. The minimum absolute atomic E-state index is 0.0965. The fourth-order valence-corrected chi connectivity index (χ4v) is 3.54. The van der Waals surface area contributed by atoms with Gasteiger partial charge in [0.1, 0.15) is 5.75 Å². The lowest BCUT2D eigenvalue weighted by Gasteiger charge is -2.25. The van der Waals surface area contributed by atoms with Crippen molar-refractivity contribution in [2.24, 2.45) is 0 Å². The van der Waals surface area contributed by atoms with Crippen LogP contribution in [0.5, 0.6) is 5.75 Å². The van der Waals surface area contributed by atoms with Crippen molar-refractivity contribution in [3.05, 3.63) is 65.2 Å². The van der Waals surface area contributed by atoms with Gasteiger partial charge in [0.25, 0.3) is 0 Å². The lowest BCUT2D eigenvalue weighted by Crippen LogP contribution is -2.36. The number of aliphatic hydroxyl groups is 1. The topological polar surface area (TPSA) is 58.6 Å². The summed E-state index contributed by atoms with van der Waals surface area (Å²) in [6.45, 7) is 5.99. The summed E-state index contributed by atoms with van der Waals surface area (Å²) in [4.78, 5) is 0. The van der Waals surface area contributed by atoms with Gasteiger partial charge in [-0.2, -0.15) is 0 Å². The standard InChI is InChI=1S/C21H29NO3S/c1-21(2,3)26(24)22-20(17-9-11-19(25-4)12-10-17)15-18-8-6-5-7-16(18)13-14-23/h5-12,20,22-23H,13-15H2,1-4H3/t20-,26-/m1/s1. The number of rotatable bonds is 8. The molecule has 2 N–H and O–H groups in total. The normalized spacial score (nSPS) is 14.0. The van der Waals surface area contributed by atoms with Crippen LogP contribution < -0.4 is 9.46 Å². The molecule has 0 radical (unpaired) electrons. The second-order valence-corrected chi connectivity index (χ2v) is 9.27. The lowest BCUT2D eigenvalue weighted by molar-refractivity contribution is 0.299. The summed E-state index contributed by atoms with van der Waals surface area (Å²) >= 11 is 0. The molecule has 5 heteroatoms. The largest absolute Gasteiger partial charge is 0.497 e. The summed E-state index contributed by atoms with van der Waals surface area (Å²) in [5.74, 6) is 0.796. The van der Waals surface area contributed by atoms with Crippen molar-refractivity contribution in [1.29, 1.82) is 0 Å². The summed E-state index contributed by atoms with van der Waals surface area (Å²) in [5.41, 5.74) is 3.33. The Morgan fingerprint density at radius 3 is 2.23 bits per heavy atom. The number of nitrogens with one attached hydrogen (secondary N) is 1. The second-order valence-electron chi connectivity index (χ2n) is 7.27. The van der Waals surface area contributed by atoms with E-state index < -0.39 is 11.0 Å². The van der Waals surface area contributed by atoms with E-state index >= 15 is 0 Å². The van der Waals surface area contributed by atoms with Crippen LogP contribution in [0.15, 0.2) is 48.5 Å². The maximum atomic E-state index is 12.7. The number of methoxy groups -OCH3 is 1. The van der Waals surface area contributed by atoms with E-state index in [1.807, 2.05) is 63.2 Å². The van der Waals surface area contributed by atoms with E-state index in [9.17, 15) is 9.32 Å². The van der Waals surface area contributed by atoms with Gasteiger partial charge in [-0.05, 0) is 62.4 Å². The molecule has 0 saturated heterocycles. The number of ether oxygens (including phenoxy) is 1. The van der Waals surface area contributed by atoms with Gasteiger partial charge in [0, 0.05) is 12.6 Å². The quantitative estimate of drug-likeness (QED) is 0.742. The van der Waals surface area contributed by atoms with E-state index in [0.717, 1.165) is 22.4 Å². The van der Waals surface area contributed by atoms with Crippen molar-refractivity contribution in [2.45, 2.75) is 44.4 Å². The van der Waals surface area contributed by atoms with Crippen LogP contribution in [0.4, 0.5) is 0 Å². The van der Waals surface area contributed by atoms with Gasteiger partial charge in [0.15, 0.2) is 0 Å². The smallest absolute Gasteiger partial charge is 0.118 e. The number of aliphatic hydroxyl groups excluding tert-OH is 1. The van der Waals surface area contributed by atoms with Crippen molar-refractivity contribution in [2.75, 3.05) is 13.7 Å². The predicted octanol–water partition coefficient (Wildman–Crippen LogP) is 3.57. The molecule has 26 heavy (non-hydrogen) atoms. The fraction of sp³-hybridized carbons (Fsp3) is 0.429. The molecule has 0 amide bonds. The SMILES string of the molecule is COc1ccc([C@@H](Cc2ccccc2CCO)N[S@](=O)C(C)(C)C)cc1. The van der Waals surface area contributed by atoms with Gasteiger partial charge in [0.2, 0.25) is 0 Å². The summed E-state index contributed by atoms with van der Waals surface area (Å²) < 4.78 is 20.9. The van der Waals surface area contributed by atoms with E-state index in [1.54, 1.807) is 7.11 Å². The molecule has 2 aromatic carbocycles. The Morgan fingerprint density at radius 2 is 1.69 bits per heavy atom. The zero-order chi connectivity index (χ0) is 19.2. The van der Waals surface area contributed by atoms with Crippen molar-refractivity contribution in [1.82, 2.24) is 4.72 Å². The fourth-order valence-electron chi connectivity index (χ4n) is 2.71. The Bertz CT molecular complexity index is 723. The van der Waals surface area contributed by atoms with Gasteiger partial charge >= 0.3 is 0 Å². The molecule has 2 atom stereocenters. The Morgan fingerprint density at radius 1 is 1.08 bits per heavy atom. The Hall–Kier alpha value is -1.69. The molecule has 0 saturated carbocycles. The van der Waals surface area contributed by atoms with Gasteiger partial charge in [-0.25, -0.2) is 8.93 Å². The van der Waals surface area contributed by atoms with Crippen molar-refractivity contribution >= 4 is 11.0 Å². The van der Waals surface area contributed by atoms with Gasteiger partial charge in [0.05, 0.1) is 22.8 Å². The van der Waals surface area contributed by atoms with Crippen LogP contribution in [0.3, 0.4) is 0 Å². The van der Waals surface area contributed by atoms with E-state index in [4.69, 9.17) is 4.74 Å². The van der Waals surface area contributed by atoms with E-state index in [0.29, 0.717) is 12.8 Å². The zero-order valence-corrected chi connectivity index (χ0v) is 16.8. The summed E-state index contributed by atoms with van der Waals surface area (Å²) in [6.07, 6.45) is 1.32. The van der Waals surface area contributed by atoms with Crippen LogP contribution in [0.1, 0.15) is 43.5 Å². The molecule has 0 aliphatic carbocycles. The van der Waals surface area contributed by atoms with E-state index in [1.165, 1.54) is 0 Å². The average Bonchev–Trinajstić information content (AvgIpc) is 2.62. The Balaban J connectivity index is 2.32. The first-order valence-electron chi connectivity index (χ1n) is 8.84. The summed E-state index contributed by atoms with van der Waals surface area (Å²) in [5, 5.41) is 9.33. The second kappa shape index (κ2) is 9.31. The first kappa shape index (κ1) is 20.6. The van der Waals surface area contributed by atoms with E-state index in [2.05, 4.69) is 10.8 Å². The lowest BCUT2D eigenvalue weighted by atomic mass is 9.95. The average molecular weight is 376 g/mol. The molecular weight excluding hydrogens is 346 g/mol. The van der Waals surface area contributed by atoms with Crippen LogP contribution in [-0.2, 0) is 23.8 Å². The first-order chi connectivity index (χ1) is 12.3. The maximum absolute atomic E-state index is 12.7.